The maximum atomic E-state index is 12.9. The van der Waals surface area contributed by atoms with E-state index in [4.69, 9.17) is 0 Å². The average Bonchev–Trinajstić information content (AvgIpc) is 2.92. The Kier molecular flexibility index (Phi) is 6.06. The van der Waals surface area contributed by atoms with Gasteiger partial charge in [-0.1, -0.05) is 43.7 Å². The Bertz CT molecular complexity index is 1010. The molecule has 1 fully saturated rings. The van der Waals surface area contributed by atoms with Gasteiger partial charge in [0.1, 0.15) is 12.1 Å². The monoisotopic (exact) mass is 433 g/mol. The molecule has 0 aromatic heterocycles. The van der Waals surface area contributed by atoms with Crippen molar-refractivity contribution in [2.45, 2.75) is 38.4 Å². The second kappa shape index (κ2) is 8.41. The van der Waals surface area contributed by atoms with E-state index in [1.807, 2.05) is 12.1 Å². The lowest BCUT2D eigenvalue weighted by molar-refractivity contribution is -0.137. The molecule has 3 rings (SSSR count). The molecule has 0 radical (unpaired) electrons. The van der Waals surface area contributed by atoms with Gasteiger partial charge in [0.2, 0.25) is 5.91 Å². The van der Waals surface area contributed by atoms with Crippen LogP contribution < -0.4 is 10.6 Å². The van der Waals surface area contributed by atoms with Crippen molar-refractivity contribution in [3.63, 3.8) is 0 Å². The number of alkyl halides is 3. The standard InChI is InChI=1S/C22H22F3N3O3/c1-3-5-14-8-10-15(11-9-14)21(2)19(30)28(20(31)27-21)13-18(29)26-17-7-4-6-16(12-17)22(23,24)25/h4,6-12H,3,5,13H2,1-2H3,(H,26,29)(H,27,31). The molecule has 9 heteroatoms. The minimum Gasteiger partial charge on any atom is -0.325 e. The highest BCUT2D eigenvalue weighted by Crippen LogP contribution is 2.31. The van der Waals surface area contributed by atoms with Crippen LogP contribution in [0.1, 0.15) is 37.0 Å². The van der Waals surface area contributed by atoms with Crippen molar-refractivity contribution in [3.05, 3.63) is 65.2 Å². The Morgan fingerprint density at radius 2 is 1.81 bits per heavy atom. The van der Waals surface area contributed by atoms with E-state index in [9.17, 15) is 27.6 Å². The number of aryl methyl sites for hydroxylation is 1. The van der Waals surface area contributed by atoms with E-state index in [1.165, 1.54) is 6.07 Å². The van der Waals surface area contributed by atoms with Gasteiger partial charge in [-0.15, -0.1) is 0 Å². The molecule has 2 aromatic rings. The minimum atomic E-state index is -4.56. The van der Waals surface area contributed by atoms with Gasteiger partial charge in [-0.25, -0.2) is 4.79 Å². The zero-order valence-corrected chi connectivity index (χ0v) is 17.0. The summed E-state index contributed by atoms with van der Waals surface area (Å²) in [6.07, 6.45) is -2.69. The Morgan fingerprint density at radius 1 is 1.13 bits per heavy atom. The molecule has 1 unspecified atom stereocenters. The van der Waals surface area contributed by atoms with E-state index in [1.54, 1.807) is 19.1 Å². The summed E-state index contributed by atoms with van der Waals surface area (Å²) in [6, 6.07) is 10.6. The number of rotatable bonds is 6. The number of hydrogen-bond acceptors (Lipinski definition) is 3. The molecule has 2 N–H and O–H groups in total. The summed E-state index contributed by atoms with van der Waals surface area (Å²) >= 11 is 0. The van der Waals surface area contributed by atoms with Crippen LogP contribution in [0.2, 0.25) is 0 Å². The molecule has 1 atom stereocenters. The highest BCUT2D eigenvalue weighted by molar-refractivity contribution is 6.10. The van der Waals surface area contributed by atoms with Gasteiger partial charge in [-0.05, 0) is 42.7 Å². The first-order chi connectivity index (χ1) is 14.5. The highest BCUT2D eigenvalue weighted by atomic mass is 19.4. The lowest BCUT2D eigenvalue weighted by Crippen LogP contribution is -2.42. The largest absolute Gasteiger partial charge is 0.416 e. The molecular weight excluding hydrogens is 411 g/mol. The first-order valence-electron chi connectivity index (χ1n) is 9.75. The number of imide groups is 1. The third-order valence-corrected chi connectivity index (χ3v) is 5.12. The van der Waals surface area contributed by atoms with Crippen LogP contribution in [-0.4, -0.2) is 29.3 Å². The molecule has 0 bridgehead atoms. The fraction of sp³-hybridized carbons (Fsp3) is 0.318. The molecule has 4 amide bonds. The average molecular weight is 433 g/mol. The molecule has 1 saturated heterocycles. The summed E-state index contributed by atoms with van der Waals surface area (Å²) < 4.78 is 38.5. The summed E-state index contributed by atoms with van der Waals surface area (Å²) in [5.74, 6) is -1.40. The maximum absolute atomic E-state index is 12.9. The fourth-order valence-electron chi connectivity index (χ4n) is 3.45. The molecule has 1 aliphatic rings. The number of nitrogens with zero attached hydrogens (tertiary/aromatic N) is 1. The minimum absolute atomic E-state index is 0.0823. The number of anilines is 1. The summed E-state index contributed by atoms with van der Waals surface area (Å²) in [5, 5.41) is 4.90. The van der Waals surface area contributed by atoms with E-state index in [0.717, 1.165) is 41.5 Å². The predicted octanol–water partition coefficient (Wildman–Crippen LogP) is 4.06. The van der Waals surface area contributed by atoms with Gasteiger partial charge in [0.05, 0.1) is 5.56 Å². The van der Waals surface area contributed by atoms with Crippen molar-refractivity contribution < 1.29 is 27.6 Å². The Balaban J connectivity index is 1.72. The van der Waals surface area contributed by atoms with Gasteiger partial charge in [0.25, 0.3) is 5.91 Å². The summed E-state index contributed by atoms with van der Waals surface area (Å²) in [6.45, 7) is 2.98. The zero-order valence-electron chi connectivity index (χ0n) is 17.0. The molecule has 0 aliphatic carbocycles. The number of carbonyl (C=O) groups excluding carboxylic acids is 3. The predicted molar refractivity (Wildman–Crippen MR) is 108 cm³/mol. The molecule has 6 nitrogen and oxygen atoms in total. The smallest absolute Gasteiger partial charge is 0.325 e. The van der Waals surface area contributed by atoms with Gasteiger partial charge >= 0.3 is 12.2 Å². The number of amides is 4. The zero-order chi connectivity index (χ0) is 22.8. The normalized spacial score (nSPS) is 18.8. The summed E-state index contributed by atoms with van der Waals surface area (Å²) in [4.78, 5) is 38.4. The molecule has 0 spiro atoms. The Hall–Kier alpha value is -3.36. The molecule has 0 saturated carbocycles. The lowest BCUT2D eigenvalue weighted by atomic mass is 9.91. The van der Waals surface area contributed by atoms with Crippen molar-refractivity contribution >= 4 is 23.5 Å². The Morgan fingerprint density at radius 3 is 2.42 bits per heavy atom. The van der Waals surface area contributed by atoms with Crippen LogP contribution in [0.15, 0.2) is 48.5 Å². The maximum Gasteiger partial charge on any atom is 0.416 e. The lowest BCUT2D eigenvalue weighted by Gasteiger charge is -2.22. The van der Waals surface area contributed by atoms with Crippen LogP contribution >= 0.6 is 0 Å². The molecule has 2 aromatic carbocycles. The van der Waals surface area contributed by atoms with E-state index in [0.29, 0.717) is 5.56 Å². The van der Waals surface area contributed by atoms with E-state index < -0.39 is 41.7 Å². The third kappa shape index (κ3) is 4.70. The number of urea groups is 1. The van der Waals surface area contributed by atoms with Crippen LogP contribution in [0.4, 0.5) is 23.7 Å². The van der Waals surface area contributed by atoms with Crippen LogP contribution in [0.3, 0.4) is 0 Å². The number of hydrogen-bond donors (Lipinski definition) is 2. The number of carbonyl (C=O) groups is 3. The molecule has 164 valence electrons. The molecular formula is C22H22F3N3O3. The van der Waals surface area contributed by atoms with Gasteiger partial charge in [0.15, 0.2) is 0 Å². The van der Waals surface area contributed by atoms with Gasteiger partial charge < -0.3 is 10.6 Å². The van der Waals surface area contributed by atoms with Crippen molar-refractivity contribution in [2.75, 3.05) is 11.9 Å². The molecule has 1 aliphatic heterocycles. The number of benzene rings is 2. The molecule has 1 heterocycles. The quantitative estimate of drug-likeness (QED) is 0.675. The van der Waals surface area contributed by atoms with Crippen LogP contribution in [0, 0.1) is 0 Å². The second-order valence-electron chi connectivity index (χ2n) is 7.52. The molecule has 31 heavy (non-hydrogen) atoms. The second-order valence-corrected chi connectivity index (χ2v) is 7.52. The Labute approximate surface area is 177 Å². The topological polar surface area (TPSA) is 78.5 Å². The van der Waals surface area contributed by atoms with Crippen molar-refractivity contribution in [3.8, 4) is 0 Å². The van der Waals surface area contributed by atoms with E-state index in [2.05, 4.69) is 17.6 Å². The van der Waals surface area contributed by atoms with E-state index in [-0.39, 0.29) is 5.69 Å². The summed E-state index contributed by atoms with van der Waals surface area (Å²) in [7, 11) is 0. The third-order valence-electron chi connectivity index (χ3n) is 5.12. The van der Waals surface area contributed by atoms with Gasteiger partial charge in [0, 0.05) is 5.69 Å². The van der Waals surface area contributed by atoms with Gasteiger partial charge in [-0.2, -0.15) is 13.2 Å². The van der Waals surface area contributed by atoms with Crippen LogP contribution in [-0.2, 0) is 27.7 Å². The fourth-order valence-corrected chi connectivity index (χ4v) is 3.45. The number of nitrogens with one attached hydrogen (secondary N) is 2. The number of halogens is 3. The van der Waals surface area contributed by atoms with Crippen molar-refractivity contribution in [2.24, 2.45) is 0 Å². The first kappa shape index (κ1) is 22.3. The van der Waals surface area contributed by atoms with Gasteiger partial charge in [-0.3, -0.25) is 14.5 Å². The van der Waals surface area contributed by atoms with Crippen LogP contribution in [0.25, 0.3) is 0 Å². The first-order valence-corrected chi connectivity index (χ1v) is 9.75. The van der Waals surface area contributed by atoms with Crippen LogP contribution in [0.5, 0.6) is 0 Å². The SMILES string of the molecule is CCCc1ccc(C2(C)NC(=O)N(CC(=O)Nc3cccc(C(F)(F)F)c3)C2=O)cc1. The summed E-state index contributed by atoms with van der Waals surface area (Å²) in [5.41, 5.74) is -0.658. The highest BCUT2D eigenvalue weighted by Gasteiger charge is 2.49. The van der Waals surface area contributed by atoms with Crippen molar-refractivity contribution in [1.29, 1.82) is 0 Å². The van der Waals surface area contributed by atoms with E-state index >= 15 is 0 Å². The van der Waals surface area contributed by atoms with Crippen molar-refractivity contribution in [1.82, 2.24) is 10.2 Å².